The molecule has 5 rings (SSSR count). The second-order valence-corrected chi connectivity index (χ2v) is 6.61. The molecule has 0 N–H and O–H groups in total. The first kappa shape index (κ1) is 17.9. The lowest BCUT2D eigenvalue weighted by molar-refractivity contribution is 0.0734. The van der Waals surface area contributed by atoms with Gasteiger partial charge in [-0.1, -0.05) is 12.1 Å². The van der Waals surface area contributed by atoms with Crippen LogP contribution in [-0.2, 0) is 0 Å². The summed E-state index contributed by atoms with van der Waals surface area (Å²) in [5.74, 6) is 0.405. The molecule has 3 aromatic rings. The number of carbonyl (C=O) groups excluding carboxylic acids is 2. The molecule has 0 bridgehead atoms. The Morgan fingerprint density at radius 2 is 1.73 bits per heavy atom. The topological polar surface area (TPSA) is 71.1 Å². The predicted octanol–water partition coefficient (Wildman–Crippen LogP) is 4.39. The van der Waals surface area contributed by atoms with Crippen LogP contribution in [0.5, 0.6) is 23.0 Å². The van der Waals surface area contributed by atoms with Crippen LogP contribution in [0.25, 0.3) is 6.08 Å². The molecule has 7 heteroatoms. The highest BCUT2D eigenvalue weighted by Gasteiger charge is 2.28. The van der Waals surface area contributed by atoms with Gasteiger partial charge in [0.1, 0.15) is 17.3 Å². The summed E-state index contributed by atoms with van der Waals surface area (Å²) in [5.41, 5.74) is 1.28. The summed E-state index contributed by atoms with van der Waals surface area (Å²) in [6.07, 6.45) is 1.53. The van der Waals surface area contributed by atoms with E-state index < -0.39 is 5.97 Å². The summed E-state index contributed by atoms with van der Waals surface area (Å²) in [4.78, 5) is 25.0. The van der Waals surface area contributed by atoms with Crippen molar-refractivity contribution in [3.05, 3.63) is 88.9 Å². The van der Waals surface area contributed by atoms with E-state index >= 15 is 0 Å². The van der Waals surface area contributed by atoms with E-state index in [9.17, 15) is 14.0 Å². The molecule has 0 atom stereocenters. The van der Waals surface area contributed by atoms with Crippen LogP contribution < -0.4 is 18.9 Å². The van der Waals surface area contributed by atoms with Crippen molar-refractivity contribution in [1.29, 1.82) is 0 Å². The molecule has 0 saturated carbocycles. The van der Waals surface area contributed by atoms with E-state index in [1.807, 2.05) is 0 Å². The molecule has 0 fully saturated rings. The number of ether oxygens (including phenoxy) is 4. The first-order valence-electron chi connectivity index (χ1n) is 9.02. The normalized spacial score (nSPS) is 15.1. The number of hydrogen-bond acceptors (Lipinski definition) is 6. The van der Waals surface area contributed by atoms with Gasteiger partial charge in [-0.15, -0.1) is 0 Å². The van der Waals surface area contributed by atoms with Crippen LogP contribution in [0.15, 0.2) is 66.4 Å². The molecule has 148 valence electrons. The molecule has 0 saturated heterocycles. The summed E-state index contributed by atoms with van der Waals surface area (Å²) >= 11 is 0. The Labute approximate surface area is 170 Å². The second-order valence-electron chi connectivity index (χ2n) is 6.61. The van der Waals surface area contributed by atoms with E-state index in [4.69, 9.17) is 18.9 Å². The summed E-state index contributed by atoms with van der Waals surface area (Å²) < 4.78 is 34.6. The quantitative estimate of drug-likeness (QED) is 0.366. The average molecular weight is 404 g/mol. The Balaban J connectivity index is 1.35. The lowest BCUT2D eigenvalue weighted by atomic mass is 10.1. The number of hydrogen-bond donors (Lipinski definition) is 0. The number of fused-ring (bicyclic) bond motifs is 2. The van der Waals surface area contributed by atoms with Gasteiger partial charge in [0.15, 0.2) is 17.3 Å². The van der Waals surface area contributed by atoms with Crippen LogP contribution in [0, 0.1) is 5.82 Å². The summed E-state index contributed by atoms with van der Waals surface area (Å²) in [7, 11) is 0. The van der Waals surface area contributed by atoms with E-state index in [0.717, 1.165) is 0 Å². The minimum atomic E-state index is -0.584. The van der Waals surface area contributed by atoms with Crippen molar-refractivity contribution < 1.29 is 32.9 Å². The van der Waals surface area contributed by atoms with Crippen LogP contribution in [0.4, 0.5) is 4.39 Å². The van der Waals surface area contributed by atoms with Gasteiger partial charge in [0.25, 0.3) is 0 Å². The summed E-state index contributed by atoms with van der Waals surface area (Å²) in [6, 6.07) is 15.0. The van der Waals surface area contributed by atoms with Crippen molar-refractivity contribution in [1.82, 2.24) is 0 Å². The van der Waals surface area contributed by atoms with Gasteiger partial charge in [0, 0.05) is 6.07 Å². The van der Waals surface area contributed by atoms with Gasteiger partial charge in [-0.3, -0.25) is 4.79 Å². The molecule has 0 aromatic heterocycles. The number of halogens is 1. The Hall–Kier alpha value is -4.13. The molecule has 6 nitrogen and oxygen atoms in total. The first-order valence-corrected chi connectivity index (χ1v) is 9.02. The number of carbonyl (C=O) groups is 2. The number of esters is 1. The molecule has 0 radical (unpaired) electrons. The number of ketones is 1. The first-order chi connectivity index (χ1) is 14.6. The third-order valence-electron chi connectivity index (χ3n) is 4.63. The van der Waals surface area contributed by atoms with E-state index in [1.54, 1.807) is 30.3 Å². The third-order valence-corrected chi connectivity index (χ3v) is 4.63. The Kier molecular flexibility index (Phi) is 4.21. The van der Waals surface area contributed by atoms with Crippen LogP contribution in [-0.4, -0.2) is 18.5 Å². The fourth-order valence-corrected chi connectivity index (χ4v) is 3.13. The smallest absolute Gasteiger partial charge is 0.343 e. The number of benzene rings is 3. The number of Topliss-reactive ketones (excluding diaryl/α,β-unsaturated/α-hetero) is 1. The van der Waals surface area contributed by atoms with Gasteiger partial charge in [-0.05, 0) is 54.1 Å². The largest absolute Gasteiger partial charge is 0.454 e. The Morgan fingerprint density at radius 3 is 2.57 bits per heavy atom. The third kappa shape index (κ3) is 3.26. The zero-order chi connectivity index (χ0) is 20.7. The van der Waals surface area contributed by atoms with Crippen molar-refractivity contribution in [2.45, 2.75) is 0 Å². The van der Waals surface area contributed by atoms with Crippen molar-refractivity contribution >= 4 is 17.8 Å². The minimum Gasteiger partial charge on any atom is -0.454 e. The maximum absolute atomic E-state index is 13.1. The summed E-state index contributed by atoms with van der Waals surface area (Å²) in [5, 5.41) is 0. The zero-order valence-electron chi connectivity index (χ0n) is 15.4. The van der Waals surface area contributed by atoms with E-state index in [-0.39, 0.29) is 35.7 Å². The van der Waals surface area contributed by atoms with Crippen LogP contribution in [0.2, 0.25) is 0 Å². The average Bonchev–Trinajstić information content (AvgIpc) is 3.33. The van der Waals surface area contributed by atoms with Crippen LogP contribution in [0.1, 0.15) is 26.3 Å². The molecule has 0 unspecified atom stereocenters. The SMILES string of the molecule is O=C(Oc1ccc2c(c1)O/C(=C\c1ccc(F)cc1)C2=O)c1ccc2c(c1)OCO2. The number of rotatable bonds is 3. The maximum Gasteiger partial charge on any atom is 0.343 e. The Bertz CT molecular complexity index is 1210. The molecule has 3 aromatic carbocycles. The van der Waals surface area contributed by atoms with E-state index in [2.05, 4.69) is 0 Å². The maximum atomic E-state index is 13.1. The molecular weight excluding hydrogens is 391 g/mol. The van der Waals surface area contributed by atoms with Gasteiger partial charge in [0.2, 0.25) is 12.6 Å². The van der Waals surface area contributed by atoms with Crippen molar-refractivity contribution in [2.75, 3.05) is 6.79 Å². The summed E-state index contributed by atoms with van der Waals surface area (Å²) in [6.45, 7) is 0.109. The van der Waals surface area contributed by atoms with Gasteiger partial charge in [-0.25, -0.2) is 9.18 Å². The number of allylic oxidation sites excluding steroid dienone is 1. The molecule has 2 aliphatic heterocycles. The fraction of sp³-hybridized carbons (Fsp3) is 0.0435. The van der Waals surface area contributed by atoms with E-state index in [0.29, 0.717) is 28.2 Å². The van der Waals surface area contributed by atoms with Crippen molar-refractivity contribution in [3.63, 3.8) is 0 Å². The fourth-order valence-electron chi connectivity index (χ4n) is 3.13. The Morgan fingerprint density at radius 1 is 0.933 bits per heavy atom. The van der Waals surface area contributed by atoms with Crippen LogP contribution in [0.3, 0.4) is 0 Å². The second kappa shape index (κ2) is 7.04. The highest BCUT2D eigenvalue weighted by molar-refractivity contribution is 6.14. The molecule has 2 aliphatic rings. The zero-order valence-corrected chi connectivity index (χ0v) is 15.4. The highest BCUT2D eigenvalue weighted by Crippen LogP contribution is 2.36. The lowest BCUT2D eigenvalue weighted by Gasteiger charge is -2.06. The van der Waals surface area contributed by atoms with Crippen LogP contribution >= 0.6 is 0 Å². The molecule has 0 amide bonds. The van der Waals surface area contributed by atoms with Gasteiger partial charge < -0.3 is 18.9 Å². The molecule has 30 heavy (non-hydrogen) atoms. The van der Waals surface area contributed by atoms with Crippen molar-refractivity contribution in [2.24, 2.45) is 0 Å². The van der Waals surface area contributed by atoms with Gasteiger partial charge in [0.05, 0.1) is 11.1 Å². The van der Waals surface area contributed by atoms with Crippen molar-refractivity contribution in [3.8, 4) is 23.0 Å². The standard InChI is InChI=1S/C23H13FO6/c24-15-4-1-13(2-5-15)9-21-22(25)17-7-6-16(11-19(17)30-21)29-23(26)14-3-8-18-20(10-14)28-12-27-18/h1-11H,12H2/b21-9-. The monoisotopic (exact) mass is 404 g/mol. The van der Waals surface area contributed by atoms with E-state index in [1.165, 1.54) is 36.4 Å². The van der Waals surface area contributed by atoms with Gasteiger partial charge >= 0.3 is 5.97 Å². The molecule has 2 heterocycles. The lowest BCUT2D eigenvalue weighted by Crippen LogP contribution is -2.08. The molecule has 0 aliphatic carbocycles. The predicted molar refractivity (Wildman–Crippen MR) is 103 cm³/mol. The minimum absolute atomic E-state index is 0.107. The van der Waals surface area contributed by atoms with Gasteiger partial charge in [-0.2, -0.15) is 0 Å². The highest BCUT2D eigenvalue weighted by atomic mass is 19.1. The molecule has 0 spiro atoms. The molecular formula is C23H13FO6.